The van der Waals surface area contributed by atoms with Crippen molar-refractivity contribution in [1.82, 2.24) is 15.0 Å². The molecule has 1 amide bonds. The first-order valence-corrected chi connectivity index (χ1v) is 10.6. The van der Waals surface area contributed by atoms with E-state index in [2.05, 4.69) is 20.4 Å². The number of hydrogen-bond acceptors (Lipinski definition) is 8. The average molecular weight is 436 g/mol. The van der Waals surface area contributed by atoms with Gasteiger partial charge in [0.25, 0.3) is 0 Å². The van der Waals surface area contributed by atoms with Gasteiger partial charge in [-0.2, -0.15) is 4.98 Å². The van der Waals surface area contributed by atoms with Gasteiger partial charge in [-0.25, -0.2) is 0 Å². The van der Waals surface area contributed by atoms with E-state index < -0.39 is 0 Å². The lowest BCUT2D eigenvalue weighted by Gasteiger charge is -2.30. The summed E-state index contributed by atoms with van der Waals surface area (Å²) >= 11 is 0. The zero-order valence-corrected chi connectivity index (χ0v) is 17.7. The highest BCUT2D eigenvalue weighted by Crippen LogP contribution is 2.34. The molecule has 0 unspecified atom stereocenters. The number of hydrogen-bond donors (Lipinski definition) is 1. The molecule has 166 valence electrons. The average Bonchev–Trinajstić information content (AvgIpc) is 3.49. The molecule has 9 nitrogen and oxygen atoms in total. The molecule has 1 saturated heterocycles. The van der Waals surface area contributed by atoms with E-state index in [1.54, 1.807) is 13.2 Å². The molecule has 0 saturated carbocycles. The van der Waals surface area contributed by atoms with Crippen molar-refractivity contribution in [2.24, 2.45) is 5.92 Å². The molecule has 2 aliphatic rings. The van der Waals surface area contributed by atoms with E-state index in [1.165, 1.54) is 0 Å². The topological polar surface area (TPSA) is 99.0 Å². The van der Waals surface area contributed by atoms with Crippen LogP contribution in [0.2, 0.25) is 0 Å². The van der Waals surface area contributed by atoms with Crippen LogP contribution in [0, 0.1) is 5.92 Å². The Kier molecular flexibility index (Phi) is 5.64. The van der Waals surface area contributed by atoms with E-state index in [4.69, 9.17) is 18.7 Å². The maximum atomic E-state index is 12.7. The Morgan fingerprint density at radius 2 is 1.91 bits per heavy atom. The number of rotatable bonds is 6. The molecular formula is C23H24N4O5. The van der Waals surface area contributed by atoms with Gasteiger partial charge in [0.05, 0.1) is 13.7 Å². The van der Waals surface area contributed by atoms with Crippen molar-refractivity contribution >= 4 is 11.6 Å². The number of amides is 1. The minimum Gasteiger partial charge on any atom is -0.497 e. The molecule has 0 bridgehead atoms. The number of carbonyl (C=O) groups is 1. The molecule has 3 heterocycles. The number of carbonyl (C=O) groups excluding carboxylic acids is 1. The van der Waals surface area contributed by atoms with Crippen LogP contribution in [0.1, 0.15) is 18.7 Å². The van der Waals surface area contributed by atoms with Gasteiger partial charge in [0.2, 0.25) is 24.4 Å². The third-order valence-corrected chi connectivity index (χ3v) is 5.77. The summed E-state index contributed by atoms with van der Waals surface area (Å²) in [6.07, 6.45) is 1.55. The maximum Gasteiger partial charge on any atom is 0.241 e. The summed E-state index contributed by atoms with van der Waals surface area (Å²) < 4.78 is 21.3. The molecule has 1 N–H and O–H groups in total. The molecule has 3 aromatic rings. The summed E-state index contributed by atoms with van der Waals surface area (Å²) in [5.41, 5.74) is 1.60. The van der Waals surface area contributed by atoms with Gasteiger partial charge in [-0.1, -0.05) is 5.16 Å². The number of fused-ring (bicyclic) bond motifs is 1. The van der Waals surface area contributed by atoms with Crippen LogP contribution in [-0.2, 0) is 11.3 Å². The Labute approximate surface area is 185 Å². The van der Waals surface area contributed by atoms with E-state index in [-0.39, 0.29) is 18.6 Å². The van der Waals surface area contributed by atoms with E-state index in [1.807, 2.05) is 36.4 Å². The summed E-state index contributed by atoms with van der Waals surface area (Å²) in [7, 11) is 1.63. The number of likely N-dealkylation sites (tertiary alicyclic amines) is 1. The van der Waals surface area contributed by atoms with Gasteiger partial charge < -0.3 is 24.1 Å². The second kappa shape index (κ2) is 8.88. The zero-order valence-electron chi connectivity index (χ0n) is 17.7. The molecule has 2 aliphatic heterocycles. The van der Waals surface area contributed by atoms with Crippen LogP contribution in [0.25, 0.3) is 11.4 Å². The van der Waals surface area contributed by atoms with E-state index >= 15 is 0 Å². The number of nitrogens with one attached hydrogen (secondary N) is 1. The molecule has 32 heavy (non-hydrogen) atoms. The number of anilines is 1. The lowest BCUT2D eigenvalue weighted by atomic mass is 9.96. The second-order valence-electron chi connectivity index (χ2n) is 7.85. The van der Waals surface area contributed by atoms with Crippen molar-refractivity contribution in [2.45, 2.75) is 19.4 Å². The van der Waals surface area contributed by atoms with Gasteiger partial charge in [0.1, 0.15) is 5.75 Å². The zero-order chi connectivity index (χ0) is 21.9. The first-order chi connectivity index (χ1) is 15.7. The summed E-state index contributed by atoms with van der Waals surface area (Å²) in [6, 6.07) is 13.0. The van der Waals surface area contributed by atoms with Gasteiger partial charge >= 0.3 is 0 Å². The van der Waals surface area contributed by atoms with Crippen molar-refractivity contribution in [3.63, 3.8) is 0 Å². The minimum atomic E-state index is -0.0331. The van der Waals surface area contributed by atoms with E-state index in [0.29, 0.717) is 29.8 Å². The molecule has 0 spiro atoms. The first kappa shape index (κ1) is 20.3. The number of ether oxygens (including phenoxy) is 3. The summed E-state index contributed by atoms with van der Waals surface area (Å²) in [6.45, 7) is 2.37. The predicted octanol–water partition coefficient (Wildman–Crippen LogP) is 3.32. The van der Waals surface area contributed by atoms with Crippen molar-refractivity contribution in [1.29, 1.82) is 0 Å². The van der Waals surface area contributed by atoms with Crippen LogP contribution in [0.5, 0.6) is 17.2 Å². The highest BCUT2D eigenvalue weighted by atomic mass is 16.7. The lowest BCUT2D eigenvalue weighted by Crippen LogP contribution is -2.37. The van der Waals surface area contributed by atoms with Crippen LogP contribution in [0.3, 0.4) is 0 Å². The van der Waals surface area contributed by atoms with Gasteiger partial charge in [-0.3, -0.25) is 9.69 Å². The van der Waals surface area contributed by atoms with Crippen molar-refractivity contribution in [2.75, 3.05) is 32.3 Å². The van der Waals surface area contributed by atoms with Crippen LogP contribution >= 0.6 is 0 Å². The summed E-state index contributed by atoms with van der Waals surface area (Å²) in [5, 5.41) is 7.08. The Bertz CT molecular complexity index is 1090. The van der Waals surface area contributed by atoms with Gasteiger partial charge in [-0.05, 0) is 62.3 Å². The quantitative estimate of drug-likeness (QED) is 0.628. The highest BCUT2D eigenvalue weighted by Gasteiger charge is 2.26. The summed E-state index contributed by atoms with van der Waals surface area (Å²) in [5.74, 6) is 3.26. The van der Waals surface area contributed by atoms with Gasteiger partial charge in [0.15, 0.2) is 11.5 Å². The molecule has 0 radical (unpaired) electrons. The fourth-order valence-electron chi connectivity index (χ4n) is 3.94. The maximum absolute atomic E-state index is 12.7. The second-order valence-corrected chi connectivity index (χ2v) is 7.85. The predicted molar refractivity (Wildman–Crippen MR) is 115 cm³/mol. The third-order valence-electron chi connectivity index (χ3n) is 5.77. The van der Waals surface area contributed by atoms with E-state index in [9.17, 15) is 4.79 Å². The first-order valence-electron chi connectivity index (χ1n) is 10.6. The Balaban J connectivity index is 1.12. The smallest absolute Gasteiger partial charge is 0.241 e. The largest absolute Gasteiger partial charge is 0.497 e. The molecule has 0 aliphatic carbocycles. The molecule has 9 heteroatoms. The molecule has 1 fully saturated rings. The normalized spacial score (nSPS) is 16.2. The SMILES string of the molecule is COc1ccc(-c2noc(CN3CCC(C(=O)Nc4ccc5c(c4)OCO5)CC3)n2)cc1. The number of benzene rings is 2. The highest BCUT2D eigenvalue weighted by molar-refractivity contribution is 5.93. The number of aromatic nitrogens is 2. The summed E-state index contributed by atoms with van der Waals surface area (Å²) in [4.78, 5) is 19.4. The van der Waals surface area contributed by atoms with Crippen molar-refractivity contribution in [3.8, 4) is 28.6 Å². The fourth-order valence-corrected chi connectivity index (χ4v) is 3.94. The Morgan fingerprint density at radius 3 is 2.69 bits per heavy atom. The number of piperidine rings is 1. The van der Waals surface area contributed by atoms with E-state index in [0.717, 1.165) is 42.9 Å². The van der Waals surface area contributed by atoms with Crippen LogP contribution in [0.15, 0.2) is 47.0 Å². The van der Waals surface area contributed by atoms with Crippen molar-refractivity contribution in [3.05, 3.63) is 48.4 Å². The molecule has 1 aromatic heterocycles. The Hall–Kier alpha value is -3.59. The molecule has 5 rings (SSSR count). The van der Waals surface area contributed by atoms with Crippen molar-refractivity contribution < 1.29 is 23.5 Å². The molecular weight excluding hydrogens is 412 g/mol. The van der Waals surface area contributed by atoms with Gasteiger partial charge in [0, 0.05) is 23.2 Å². The van der Waals surface area contributed by atoms with Crippen LogP contribution in [0.4, 0.5) is 5.69 Å². The van der Waals surface area contributed by atoms with Gasteiger partial charge in [-0.15, -0.1) is 0 Å². The monoisotopic (exact) mass is 436 g/mol. The standard InChI is InChI=1S/C23H24N4O5/c1-29-18-5-2-15(3-6-18)22-25-21(32-26-22)13-27-10-8-16(9-11-27)23(28)24-17-4-7-19-20(12-17)31-14-30-19/h2-7,12,16H,8-11,13-14H2,1H3,(H,24,28). The van der Waals surface area contributed by atoms with Crippen LogP contribution < -0.4 is 19.5 Å². The minimum absolute atomic E-state index is 0.0306. The van der Waals surface area contributed by atoms with Crippen LogP contribution in [-0.4, -0.2) is 47.9 Å². The molecule has 2 aromatic carbocycles. The fraction of sp³-hybridized carbons (Fsp3) is 0.348. The number of methoxy groups -OCH3 is 1. The third kappa shape index (κ3) is 4.38. The molecule has 0 atom stereocenters. The number of nitrogens with zero attached hydrogens (tertiary/aromatic N) is 3. The lowest BCUT2D eigenvalue weighted by molar-refractivity contribution is -0.121. The Morgan fingerprint density at radius 1 is 1.12 bits per heavy atom.